The van der Waals surface area contributed by atoms with Gasteiger partial charge < -0.3 is 15.4 Å². The van der Waals surface area contributed by atoms with Gasteiger partial charge in [-0.1, -0.05) is 49.7 Å². The Morgan fingerprint density at radius 2 is 1.93 bits per heavy atom. The summed E-state index contributed by atoms with van der Waals surface area (Å²) in [5.41, 5.74) is 2.06. The second-order valence-electron chi connectivity index (χ2n) is 12.3. The average molecular weight is 617 g/mol. The first kappa shape index (κ1) is 29.5. The van der Waals surface area contributed by atoms with Gasteiger partial charge in [-0.2, -0.15) is 5.26 Å². The lowest BCUT2D eigenvalue weighted by Crippen LogP contribution is -2.26. The number of fused-ring (bicyclic) bond motifs is 2. The normalized spacial score (nSPS) is 14.9. The van der Waals surface area contributed by atoms with E-state index >= 15 is 0 Å². The number of hydrogen-bond acceptors (Lipinski definition) is 8. The summed E-state index contributed by atoms with van der Waals surface area (Å²) in [6.07, 6.45) is 2.87. The number of rotatable bonds is 9. The standard InChI is InChI=1S/C32H31ClF2N8O/c1-31(2,3)17-39-26-18(14-36)15-38-27-23(26)12-19(13-24(27)33)40-28(25-16-43(42-41-25)32(9-10-32)30(34)35)21-6-5-7-22-20(21)8-11-37-29(22)44-4/h5-8,11-13,15-16,28,30,40H,9-10,17H2,1-4H3,(H,38,39)/t28-/m0/s1. The fraction of sp³-hybridized carbons (Fsp3) is 0.344. The molecule has 44 heavy (non-hydrogen) atoms. The Morgan fingerprint density at radius 1 is 1.14 bits per heavy atom. The van der Waals surface area contributed by atoms with Crippen LogP contribution in [0.15, 0.2) is 55.0 Å². The molecule has 2 N–H and O–H groups in total. The zero-order valence-electron chi connectivity index (χ0n) is 24.7. The molecule has 1 atom stereocenters. The number of halogens is 3. The lowest BCUT2D eigenvalue weighted by molar-refractivity contribution is 0.0593. The zero-order valence-corrected chi connectivity index (χ0v) is 25.5. The van der Waals surface area contributed by atoms with Gasteiger partial charge in [0.2, 0.25) is 5.88 Å². The third-order valence-corrected chi connectivity index (χ3v) is 8.18. The molecule has 1 aliphatic carbocycles. The number of methoxy groups -OCH3 is 1. The van der Waals surface area contributed by atoms with Crippen molar-refractivity contribution in [3.05, 3.63) is 76.8 Å². The predicted molar refractivity (Wildman–Crippen MR) is 166 cm³/mol. The highest BCUT2D eigenvalue weighted by Gasteiger charge is 2.54. The maximum absolute atomic E-state index is 14.0. The van der Waals surface area contributed by atoms with Crippen LogP contribution in [0.1, 0.15) is 56.5 Å². The number of ether oxygens (including phenoxy) is 1. The Kier molecular flexibility index (Phi) is 7.49. The topological polar surface area (TPSA) is 114 Å². The van der Waals surface area contributed by atoms with Crippen LogP contribution in [0.25, 0.3) is 21.7 Å². The van der Waals surface area contributed by atoms with Gasteiger partial charge in [0.05, 0.1) is 41.1 Å². The summed E-state index contributed by atoms with van der Waals surface area (Å²) in [5.74, 6) is 0.458. The Bertz CT molecular complexity index is 1910. The van der Waals surface area contributed by atoms with Crippen molar-refractivity contribution in [1.29, 1.82) is 5.26 Å². The van der Waals surface area contributed by atoms with Crippen molar-refractivity contribution in [2.45, 2.75) is 51.6 Å². The van der Waals surface area contributed by atoms with Crippen LogP contribution in [-0.2, 0) is 5.54 Å². The number of pyridine rings is 2. The summed E-state index contributed by atoms with van der Waals surface area (Å²) in [4.78, 5) is 8.80. The van der Waals surface area contributed by atoms with E-state index in [9.17, 15) is 14.0 Å². The number of hydrogen-bond donors (Lipinski definition) is 2. The SMILES string of the molecule is COc1nccc2c([C@H](Nc3cc(Cl)c4ncc(C#N)c(NCC(C)(C)C)c4c3)c3cn(C4(C(F)F)CC4)nn3)cccc12. The van der Waals surface area contributed by atoms with Crippen LogP contribution >= 0.6 is 11.6 Å². The summed E-state index contributed by atoms with van der Waals surface area (Å²) in [6.45, 7) is 6.91. The van der Waals surface area contributed by atoms with Gasteiger partial charge in [-0.05, 0) is 53.5 Å². The monoisotopic (exact) mass is 616 g/mol. The molecule has 5 aromatic rings. The minimum absolute atomic E-state index is 0.0552. The van der Waals surface area contributed by atoms with E-state index in [0.29, 0.717) is 63.8 Å². The molecule has 0 spiro atoms. The Labute approximate surface area is 258 Å². The summed E-state index contributed by atoms with van der Waals surface area (Å²) in [6, 6.07) is 12.8. The van der Waals surface area contributed by atoms with Gasteiger partial charge in [0, 0.05) is 35.4 Å². The number of alkyl halides is 2. The molecule has 2 aromatic carbocycles. The quantitative estimate of drug-likeness (QED) is 0.177. The summed E-state index contributed by atoms with van der Waals surface area (Å²) in [5, 5.41) is 28.1. The lowest BCUT2D eigenvalue weighted by atomic mass is 9.96. The highest BCUT2D eigenvalue weighted by Crippen LogP contribution is 2.48. The number of aromatic nitrogens is 5. The second-order valence-corrected chi connectivity index (χ2v) is 12.7. The van der Waals surface area contributed by atoms with Gasteiger partial charge in [-0.15, -0.1) is 5.10 Å². The fourth-order valence-electron chi connectivity index (χ4n) is 5.37. The van der Waals surface area contributed by atoms with E-state index in [1.807, 2.05) is 30.3 Å². The number of nitriles is 1. The molecule has 6 rings (SSSR count). The molecule has 12 heteroatoms. The molecule has 1 aliphatic rings. The molecule has 1 fully saturated rings. The molecule has 0 saturated heterocycles. The average Bonchev–Trinajstić information content (AvgIpc) is 3.67. The zero-order chi connectivity index (χ0) is 31.2. The first-order chi connectivity index (χ1) is 21.0. The number of nitrogens with one attached hydrogen (secondary N) is 2. The van der Waals surface area contributed by atoms with E-state index in [0.717, 1.165) is 16.3 Å². The molecule has 0 amide bonds. The molecule has 1 saturated carbocycles. The molecule has 226 valence electrons. The van der Waals surface area contributed by atoms with Crippen molar-refractivity contribution in [3.8, 4) is 11.9 Å². The van der Waals surface area contributed by atoms with Gasteiger partial charge in [0.25, 0.3) is 6.43 Å². The number of benzene rings is 2. The van der Waals surface area contributed by atoms with Gasteiger partial charge in [-0.3, -0.25) is 4.98 Å². The molecule has 9 nitrogen and oxygen atoms in total. The van der Waals surface area contributed by atoms with E-state index in [1.54, 1.807) is 25.6 Å². The van der Waals surface area contributed by atoms with E-state index < -0.39 is 18.0 Å². The van der Waals surface area contributed by atoms with Crippen molar-refractivity contribution < 1.29 is 13.5 Å². The second kappa shape index (κ2) is 11.2. The number of anilines is 2. The highest BCUT2D eigenvalue weighted by atomic mass is 35.5. The molecule has 3 aromatic heterocycles. The van der Waals surface area contributed by atoms with Gasteiger partial charge >= 0.3 is 0 Å². The first-order valence-electron chi connectivity index (χ1n) is 14.2. The summed E-state index contributed by atoms with van der Waals surface area (Å²) >= 11 is 6.78. The molecular weight excluding hydrogens is 586 g/mol. The van der Waals surface area contributed by atoms with Crippen LogP contribution in [-0.4, -0.2) is 45.0 Å². The van der Waals surface area contributed by atoms with Gasteiger partial charge in [0.1, 0.15) is 17.3 Å². The predicted octanol–water partition coefficient (Wildman–Crippen LogP) is 7.32. The van der Waals surface area contributed by atoms with Crippen LogP contribution < -0.4 is 15.4 Å². The van der Waals surface area contributed by atoms with E-state index in [-0.39, 0.29) is 5.41 Å². The molecule has 0 bridgehead atoms. The largest absolute Gasteiger partial charge is 0.481 e. The highest BCUT2D eigenvalue weighted by molar-refractivity contribution is 6.35. The van der Waals surface area contributed by atoms with E-state index in [2.05, 4.69) is 57.8 Å². The van der Waals surface area contributed by atoms with E-state index in [1.165, 1.54) is 10.9 Å². The number of nitrogens with zero attached hydrogens (tertiary/aromatic N) is 6. The molecular formula is C32H31ClF2N8O. The summed E-state index contributed by atoms with van der Waals surface area (Å²) in [7, 11) is 1.56. The van der Waals surface area contributed by atoms with Crippen LogP contribution in [0, 0.1) is 16.7 Å². The third kappa shape index (κ3) is 5.35. The molecule has 0 unspecified atom stereocenters. The lowest BCUT2D eigenvalue weighted by Gasteiger charge is -2.23. The first-order valence-corrected chi connectivity index (χ1v) is 14.6. The minimum atomic E-state index is -2.56. The van der Waals surface area contributed by atoms with Crippen molar-refractivity contribution in [2.75, 3.05) is 24.3 Å². The van der Waals surface area contributed by atoms with Crippen LogP contribution in [0.3, 0.4) is 0 Å². The smallest absolute Gasteiger partial charge is 0.263 e. The Balaban J connectivity index is 1.50. The maximum Gasteiger partial charge on any atom is 0.263 e. The van der Waals surface area contributed by atoms with Crippen molar-refractivity contribution in [1.82, 2.24) is 25.0 Å². The van der Waals surface area contributed by atoms with Crippen LogP contribution in [0.4, 0.5) is 20.2 Å². The Morgan fingerprint density at radius 3 is 2.61 bits per heavy atom. The molecule has 0 radical (unpaired) electrons. The summed E-state index contributed by atoms with van der Waals surface area (Å²) < 4.78 is 34.8. The van der Waals surface area contributed by atoms with Crippen LogP contribution in [0.5, 0.6) is 5.88 Å². The van der Waals surface area contributed by atoms with Crippen molar-refractivity contribution >= 4 is 44.7 Å². The van der Waals surface area contributed by atoms with Crippen molar-refractivity contribution in [3.63, 3.8) is 0 Å². The Hall–Kier alpha value is -4.56. The van der Waals surface area contributed by atoms with Crippen molar-refractivity contribution in [2.24, 2.45) is 5.41 Å². The molecule has 0 aliphatic heterocycles. The van der Waals surface area contributed by atoms with Gasteiger partial charge in [-0.25, -0.2) is 18.4 Å². The van der Waals surface area contributed by atoms with Crippen LogP contribution in [0.2, 0.25) is 5.02 Å². The van der Waals surface area contributed by atoms with E-state index in [4.69, 9.17) is 16.3 Å². The fourth-order valence-corrected chi connectivity index (χ4v) is 5.64. The third-order valence-electron chi connectivity index (χ3n) is 7.89. The molecule has 3 heterocycles. The minimum Gasteiger partial charge on any atom is -0.481 e. The van der Waals surface area contributed by atoms with Gasteiger partial charge in [0.15, 0.2) is 0 Å². The maximum atomic E-state index is 14.0.